The summed E-state index contributed by atoms with van der Waals surface area (Å²) in [7, 11) is 0. The Labute approximate surface area is 110 Å². The molecule has 1 N–H and O–H groups in total. The summed E-state index contributed by atoms with van der Waals surface area (Å²) < 4.78 is 36.9. The minimum atomic E-state index is -4.05. The maximum Gasteiger partial charge on any atom is 0.390 e. The predicted molar refractivity (Wildman–Crippen MR) is 70.7 cm³/mol. The molecular weight excluding hydrogens is 239 g/mol. The lowest BCUT2D eigenvalue weighted by Gasteiger charge is -2.19. The van der Waals surface area contributed by atoms with E-state index in [1.807, 2.05) is 6.92 Å². The van der Waals surface area contributed by atoms with Crippen molar-refractivity contribution in [3.63, 3.8) is 0 Å². The van der Waals surface area contributed by atoms with Crippen LogP contribution in [-0.4, -0.2) is 18.8 Å². The van der Waals surface area contributed by atoms with E-state index >= 15 is 0 Å². The van der Waals surface area contributed by atoms with Crippen LogP contribution in [0.5, 0.6) is 0 Å². The van der Waals surface area contributed by atoms with E-state index in [1.54, 1.807) is 0 Å². The minimum absolute atomic E-state index is 0.398. The van der Waals surface area contributed by atoms with Crippen molar-refractivity contribution in [2.75, 3.05) is 6.54 Å². The van der Waals surface area contributed by atoms with Gasteiger partial charge in [-0.2, -0.15) is 13.2 Å². The molecule has 0 radical (unpaired) electrons. The van der Waals surface area contributed by atoms with Gasteiger partial charge < -0.3 is 5.32 Å². The summed E-state index contributed by atoms with van der Waals surface area (Å²) in [6, 6.07) is -0.398. The Hall–Kier alpha value is -0.250. The van der Waals surface area contributed by atoms with Crippen molar-refractivity contribution in [3.05, 3.63) is 0 Å². The Balaban J connectivity index is 3.58. The third-order valence-corrected chi connectivity index (χ3v) is 3.13. The van der Waals surface area contributed by atoms with Gasteiger partial charge in [-0.3, -0.25) is 0 Å². The fourth-order valence-corrected chi connectivity index (χ4v) is 2.19. The summed E-state index contributed by atoms with van der Waals surface area (Å²) in [6.45, 7) is 4.64. The molecule has 0 aromatic heterocycles. The van der Waals surface area contributed by atoms with E-state index in [9.17, 15) is 13.2 Å². The van der Waals surface area contributed by atoms with Gasteiger partial charge in [-0.1, -0.05) is 58.8 Å². The standard InChI is InChI=1S/C14H28F3N/c1-3-5-6-7-8-9-10-11-13(18-4-2)12-14(15,16)17/h13,18H,3-12H2,1-2H3. The molecule has 0 heterocycles. The van der Waals surface area contributed by atoms with Crippen LogP contribution in [0.1, 0.15) is 71.6 Å². The van der Waals surface area contributed by atoms with Crippen LogP contribution >= 0.6 is 0 Å². The first-order valence-electron chi connectivity index (χ1n) is 7.29. The Morgan fingerprint density at radius 1 is 0.889 bits per heavy atom. The molecule has 1 atom stereocenters. The maximum atomic E-state index is 12.3. The average molecular weight is 267 g/mol. The highest BCUT2D eigenvalue weighted by molar-refractivity contribution is 4.70. The molecule has 110 valence electrons. The molecule has 1 nitrogen and oxygen atoms in total. The van der Waals surface area contributed by atoms with Crippen molar-refractivity contribution in [1.29, 1.82) is 0 Å². The van der Waals surface area contributed by atoms with Crippen LogP contribution in [0.25, 0.3) is 0 Å². The smallest absolute Gasteiger partial charge is 0.314 e. The molecule has 0 saturated heterocycles. The Bertz CT molecular complexity index is 180. The fraction of sp³-hybridized carbons (Fsp3) is 1.00. The van der Waals surface area contributed by atoms with Gasteiger partial charge in [0.05, 0.1) is 6.42 Å². The second-order valence-corrected chi connectivity index (χ2v) is 4.98. The lowest BCUT2D eigenvalue weighted by atomic mass is 10.0. The monoisotopic (exact) mass is 267 g/mol. The van der Waals surface area contributed by atoms with E-state index in [0.717, 1.165) is 19.3 Å². The van der Waals surface area contributed by atoms with Gasteiger partial charge in [0.1, 0.15) is 0 Å². The highest BCUT2D eigenvalue weighted by Crippen LogP contribution is 2.23. The first kappa shape index (κ1) is 17.8. The first-order valence-corrected chi connectivity index (χ1v) is 7.29. The van der Waals surface area contributed by atoms with Crippen molar-refractivity contribution >= 4 is 0 Å². The molecule has 4 heteroatoms. The van der Waals surface area contributed by atoms with Crippen molar-refractivity contribution in [3.8, 4) is 0 Å². The zero-order chi connectivity index (χ0) is 13.9. The van der Waals surface area contributed by atoms with Crippen LogP contribution in [0, 0.1) is 0 Å². The number of unbranched alkanes of at least 4 members (excludes halogenated alkanes) is 6. The van der Waals surface area contributed by atoms with E-state index in [4.69, 9.17) is 0 Å². The Morgan fingerprint density at radius 3 is 1.94 bits per heavy atom. The molecule has 18 heavy (non-hydrogen) atoms. The highest BCUT2D eigenvalue weighted by atomic mass is 19.4. The molecule has 0 fully saturated rings. The molecule has 0 saturated carbocycles. The van der Waals surface area contributed by atoms with Crippen molar-refractivity contribution in [1.82, 2.24) is 5.32 Å². The van der Waals surface area contributed by atoms with E-state index < -0.39 is 18.6 Å². The second-order valence-electron chi connectivity index (χ2n) is 4.98. The van der Waals surface area contributed by atoms with Crippen LogP contribution in [0.15, 0.2) is 0 Å². The van der Waals surface area contributed by atoms with Gasteiger partial charge in [0.15, 0.2) is 0 Å². The summed E-state index contributed by atoms with van der Waals surface area (Å²) >= 11 is 0. The molecule has 0 aliphatic rings. The number of hydrogen-bond donors (Lipinski definition) is 1. The largest absolute Gasteiger partial charge is 0.390 e. The van der Waals surface area contributed by atoms with E-state index in [1.165, 1.54) is 25.7 Å². The minimum Gasteiger partial charge on any atom is -0.314 e. The van der Waals surface area contributed by atoms with Crippen molar-refractivity contribution in [2.24, 2.45) is 0 Å². The van der Waals surface area contributed by atoms with Crippen LogP contribution in [0.3, 0.4) is 0 Å². The van der Waals surface area contributed by atoms with Gasteiger partial charge >= 0.3 is 6.18 Å². The number of rotatable bonds is 11. The summed E-state index contributed by atoms with van der Waals surface area (Å²) in [4.78, 5) is 0. The van der Waals surface area contributed by atoms with Crippen molar-refractivity contribution < 1.29 is 13.2 Å². The van der Waals surface area contributed by atoms with Gasteiger partial charge in [-0.25, -0.2) is 0 Å². The van der Waals surface area contributed by atoms with Crippen LogP contribution < -0.4 is 5.32 Å². The van der Waals surface area contributed by atoms with E-state index in [2.05, 4.69) is 12.2 Å². The zero-order valence-electron chi connectivity index (χ0n) is 11.8. The number of alkyl halides is 3. The molecule has 0 rings (SSSR count). The summed E-state index contributed by atoms with van der Waals surface area (Å²) in [5.74, 6) is 0. The molecule has 0 spiro atoms. The first-order chi connectivity index (χ1) is 8.49. The summed E-state index contributed by atoms with van der Waals surface area (Å²) in [5.41, 5.74) is 0. The normalized spacial score (nSPS) is 13.8. The third kappa shape index (κ3) is 12.2. The molecule has 0 aliphatic carbocycles. The molecular formula is C14H28F3N. The number of hydrogen-bond acceptors (Lipinski definition) is 1. The summed E-state index contributed by atoms with van der Waals surface area (Å²) in [6.07, 6.45) is 4.00. The van der Waals surface area contributed by atoms with Gasteiger partial charge in [-0.15, -0.1) is 0 Å². The van der Waals surface area contributed by atoms with E-state index in [0.29, 0.717) is 13.0 Å². The third-order valence-electron chi connectivity index (χ3n) is 3.13. The average Bonchev–Trinajstić information content (AvgIpc) is 2.26. The van der Waals surface area contributed by atoms with E-state index in [-0.39, 0.29) is 0 Å². The Kier molecular flexibility index (Phi) is 10.5. The highest BCUT2D eigenvalue weighted by Gasteiger charge is 2.31. The molecule has 0 aromatic carbocycles. The zero-order valence-corrected chi connectivity index (χ0v) is 11.8. The number of nitrogens with one attached hydrogen (secondary N) is 1. The maximum absolute atomic E-state index is 12.3. The van der Waals surface area contributed by atoms with Gasteiger partial charge in [0, 0.05) is 6.04 Å². The van der Waals surface area contributed by atoms with Crippen LogP contribution in [0.4, 0.5) is 13.2 Å². The van der Waals surface area contributed by atoms with Crippen molar-refractivity contribution in [2.45, 2.75) is 83.9 Å². The lowest BCUT2D eigenvalue weighted by molar-refractivity contribution is -0.140. The lowest BCUT2D eigenvalue weighted by Crippen LogP contribution is -2.33. The van der Waals surface area contributed by atoms with Gasteiger partial charge in [0.25, 0.3) is 0 Å². The molecule has 0 bridgehead atoms. The van der Waals surface area contributed by atoms with Crippen LogP contribution in [-0.2, 0) is 0 Å². The van der Waals surface area contributed by atoms with Gasteiger partial charge in [-0.05, 0) is 13.0 Å². The molecule has 0 amide bonds. The number of halogens is 3. The molecule has 0 aliphatic heterocycles. The SMILES string of the molecule is CCCCCCCCCC(CC(F)(F)F)NCC. The fourth-order valence-electron chi connectivity index (χ4n) is 2.19. The Morgan fingerprint density at radius 2 is 1.44 bits per heavy atom. The topological polar surface area (TPSA) is 12.0 Å². The molecule has 1 unspecified atom stereocenters. The quantitative estimate of drug-likeness (QED) is 0.516. The molecule has 0 aromatic rings. The predicted octanol–water partition coefficient (Wildman–Crippen LogP) is 5.06. The summed E-state index contributed by atoms with van der Waals surface area (Å²) in [5, 5.41) is 2.93. The van der Waals surface area contributed by atoms with Gasteiger partial charge in [0.2, 0.25) is 0 Å². The van der Waals surface area contributed by atoms with Crippen LogP contribution in [0.2, 0.25) is 0 Å². The second kappa shape index (κ2) is 10.7.